The van der Waals surface area contributed by atoms with Crippen LogP contribution in [0.1, 0.15) is 67.7 Å². The molecule has 6 nitrogen and oxygen atoms in total. The molecular weight excluding hydrogens is 1050 g/mol. The molecule has 2 aliphatic heterocycles. The van der Waals surface area contributed by atoms with Gasteiger partial charge < -0.3 is 30.4 Å². The molecule has 8 aromatic rings. The van der Waals surface area contributed by atoms with E-state index in [1.54, 1.807) is 0 Å². The van der Waals surface area contributed by atoms with E-state index >= 15 is 0 Å². The molecule has 0 saturated heterocycles. The normalized spacial score (nSPS) is 13.0. The summed E-state index contributed by atoms with van der Waals surface area (Å²) in [5, 5.41) is 7.61. The quantitative estimate of drug-likeness (QED) is 0.105. The second kappa shape index (κ2) is 23.7. The van der Waals surface area contributed by atoms with E-state index < -0.39 is 15.8 Å². The third-order valence-electron chi connectivity index (χ3n) is 12.4. The van der Waals surface area contributed by atoms with E-state index in [9.17, 15) is 0 Å². The van der Waals surface area contributed by atoms with Crippen molar-refractivity contribution in [2.24, 2.45) is 11.5 Å². The number of ether oxygens (including phenoxy) is 4. The summed E-state index contributed by atoms with van der Waals surface area (Å²) < 4.78 is 25.4. The van der Waals surface area contributed by atoms with Gasteiger partial charge in [0.25, 0.3) is 0 Å². The summed E-state index contributed by atoms with van der Waals surface area (Å²) in [6.07, 6.45) is 0. The van der Waals surface area contributed by atoms with Gasteiger partial charge in [-0.2, -0.15) is 0 Å². The zero-order valence-corrected chi connectivity index (χ0v) is 46.4. The number of benzene rings is 8. The van der Waals surface area contributed by atoms with E-state index in [-0.39, 0.29) is 40.8 Å². The minimum atomic E-state index is -1.05. The van der Waals surface area contributed by atoms with E-state index in [0.29, 0.717) is 0 Å². The van der Waals surface area contributed by atoms with Gasteiger partial charge in [0.2, 0.25) is 13.6 Å². The van der Waals surface area contributed by atoms with Crippen LogP contribution in [0.15, 0.2) is 158 Å². The zero-order chi connectivity index (χ0) is 50.3. The van der Waals surface area contributed by atoms with Crippen molar-refractivity contribution in [3.63, 3.8) is 0 Å². The Morgan fingerprint density at radius 1 is 0.394 bits per heavy atom. The van der Waals surface area contributed by atoms with Crippen LogP contribution in [-0.2, 0) is 15.1 Å². The van der Waals surface area contributed by atoms with E-state index in [1.807, 2.05) is 60.7 Å². The predicted molar refractivity (Wildman–Crippen MR) is 298 cm³/mol. The third kappa shape index (κ3) is 12.2. The molecule has 0 bridgehead atoms. The molecule has 364 valence electrons. The first-order valence-corrected chi connectivity index (χ1v) is 30.6. The van der Waals surface area contributed by atoms with Crippen molar-refractivity contribution >= 4 is 67.1 Å². The van der Waals surface area contributed by atoms with Gasteiger partial charge in [-0.15, -0.1) is 0 Å². The van der Waals surface area contributed by atoms with Crippen LogP contribution in [0.3, 0.4) is 0 Å². The molecule has 2 heterocycles. The fourth-order valence-electron chi connectivity index (χ4n) is 9.72. The molecule has 0 fully saturated rings. The first kappa shape index (κ1) is 52.3. The molecule has 4 N–H and O–H groups in total. The monoisotopic (exact) mass is 1110 g/mol. The average molecular weight is 1110 g/mol. The van der Waals surface area contributed by atoms with Crippen LogP contribution >= 0.6 is 35.2 Å². The van der Waals surface area contributed by atoms with Crippen LogP contribution in [0.4, 0.5) is 0 Å². The van der Waals surface area contributed by atoms with Gasteiger partial charge in [-0.25, -0.2) is 0 Å². The molecular formula is C60H60Cl2N2O4P2Ru+2. The second-order valence-electron chi connectivity index (χ2n) is 18.4. The molecule has 0 amide bonds. The van der Waals surface area contributed by atoms with Crippen molar-refractivity contribution in [3.05, 3.63) is 213 Å². The number of aryl methyl sites for hydroxylation is 8. The Bertz CT molecular complexity index is 2760. The molecule has 0 unspecified atom stereocenters. The molecule has 2 atom stereocenters. The Labute approximate surface area is 438 Å². The second-order valence-corrected chi connectivity index (χ2v) is 25.4. The molecule has 0 radical (unpaired) electrons. The number of nitrogens with two attached hydrogens (primary N) is 2. The van der Waals surface area contributed by atoms with Crippen molar-refractivity contribution in [1.29, 1.82) is 0 Å². The van der Waals surface area contributed by atoms with Crippen molar-refractivity contribution in [1.82, 2.24) is 0 Å². The number of halogens is 2. The number of rotatable bonds is 10. The predicted octanol–water partition coefficient (Wildman–Crippen LogP) is 12.6. The van der Waals surface area contributed by atoms with Crippen molar-refractivity contribution < 1.29 is 34.1 Å². The van der Waals surface area contributed by atoms with Crippen molar-refractivity contribution in [2.45, 2.75) is 67.5 Å². The average Bonchev–Trinajstić information content (AvgIpc) is 4.02. The van der Waals surface area contributed by atoms with E-state index in [2.05, 4.69) is 152 Å². The number of hydrogen-bond acceptors (Lipinski definition) is 6. The molecule has 0 spiro atoms. The van der Waals surface area contributed by atoms with Crippen LogP contribution in [0.2, 0.25) is 0 Å². The molecule has 10 rings (SSSR count). The first-order chi connectivity index (χ1) is 34.2. The fourth-order valence-corrected chi connectivity index (χ4v) is 15.4. The zero-order valence-electron chi connectivity index (χ0n) is 41.4. The summed E-state index contributed by atoms with van der Waals surface area (Å²) >= 11 is -0.346. The van der Waals surface area contributed by atoms with Gasteiger partial charge in [0.15, 0.2) is 23.0 Å². The van der Waals surface area contributed by atoms with Gasteiger partial charge in [-0.05, 0) is 138 Å². The Balaban J connectivity index is 0.000000298. The van der Waals surface area contributed by atoms with Crippen LogP contribution in [0, 0.1) is 55.4 Å². The molecule has 8 aromatic carbocycles. The Kier molecular flexibility index (Phi) is 17.4. The van der Waals surface area contributed by atoms with Gasteiger partial charge in [-0.3, -0.25) is 0 Å². The summed E-state index contributed by atoms with van der Waals surface area (Å²) in [5.41, 5.74) is 26.5. The van der Waals surface area contributed by atoms with Crippen LogP contribution < -0.4 is 62.2 Å². The number of hydrogen-bond donors (Lipinski definition) is 2. The summed E-state index contributed by atoms with van der Waals surface area (Å²) in [6, 6.07) is 56.2. The summed E-state index contributed by atoms with van der Waals surface area (Å²) in [6.45, 7) is 17.9. The molecule has 11 heteroatoms. The van der Waals surface area contributed by atoms with Crippen molar-refractivity contribution in [3.8, 4) is 34.1 Å². The topological polar surface area (TPSA) is 89.0 Å². The molecule has 71 heavy (non-hydrogen) atoms. The summed E-state index contributed by atoms with van der Waals surface area (Å²) in [4.78, 5) is 0. The third-order valence-corrected chi connectivity index (χ3v) is 17.2. The van der Waals surface area contributed by atoms with Crippen LogP contribution in [-0.4, -0.2) is 13.6 Å². The Hall–Kier alpha value is -5.06. The van der Waals surface area contributed by atoms with E-state index in [1.165, 1.54) is 76.3 Å². The summed E-state index contributed by atoms with van der Waals surface area (Å²) in [5.74, 6) is 3.03. The van der Waals surface area contributed by atoms with Crippen LogP contribution in [0.25, 0.3) is 11.1 Å². The van der Waals surface area contributed by atoms with Crippen molar-refractivity contribution in [2.75, 3.05) is 13.6 Å². The SMILES string of the molecule is Cc1cc(C)cc(P(c2cc(C)cc(C)c2)c2ccc3c(c2-c2c(P(c4cc(C)cc(C)c4)c4cc(C)cc(C)c4)ccc4c2OCO4)OCO3)c1.N[C@@H](c1ccccc1)[C@@H](N)c1ccccc1.[Cl][Ru+2][Cl]. The van der Waals surface area contributed by atoms with Gasteiger partial charge in [0, 0.05) is 23.2 Å². The molecule has 2 aliphatic rings. The van der Waals surface area contributed by atoms with Gasteiger partial charge in [0.05, 0.1) is 0 Å². The van der Waals surface area contributed by atoms with Gasteiger partial charge >= 0.3 is 34.5 Å². The van der Waals surface area contributed by atoms with Crippen LogP contribution in [0.5, 0.6) is 23.0 Å². The van der Waals surface area contributed by atoms with Gasteiger partial charge in [-0.1, -0.05) is 178 Å². The maximum absolute atomic E-state index is 6.52. The molecule has 0 saturated carbocycles. The molecule has 0 aromatic heterocycles. The van der Waals surface area contributed by atoms with Gasteiger partial charge in [0.1, 0.15) is 0 Å². The minimum absolute atomic E-state index is 0.163. The van der Waals surface area contributed by atoms with E-state index in [4.69, 9.17) is 49.8 Å². The van der Waals surface area contributed by atoms with E-state index in [0.717, 1.165) is 45.3 Å². The number of fused-ring (bicyclic) bond motifs is 2. The Morgan fingerprint density at radius 2 is 0.662 bits per heavy atom. The maximum atomic E-state index is 6.52. The molecule has 0 aliphatic carbocycles. The standard InChI is InChI=1S/C46H44O4P2.C14H16N2.2ClH.Ru/c1-27-13-28(2)18-35(17-27)51(36-19-29(3)14-30(4)20-36)41-11-9-39-45(49-25-47-39)43(41)44-42(12-10-40-46(44)50-26-48-40)52(37-21-31(5)15-32(6)22-37)38-23-33(7)16-34(8)24-38;15-13(11-7-3-1-4-8-11)14(16)12-9-5-2-6-10-12;;;/h9-24H,25-26H2,1-8H3;1-10,13-14H,15-16H2;2*1H;/q;;;;+4/p-2/t;13-,14-;;;/m.0.../s1. The fraction of sp³-hybridized carbons (Fsp3) is 0.200. The summed E-state index contributed by atoms with van der Waals surface area (Å²) in [7, 11) is 7.60. The first-order valence-electron chi connectivity index (χ1n) is 23.5. The Morgan fingerprint density at radius 3 is 0.930 bits per heavy atom.